The molecule has 1 aromatic heterocycles. The molecule has 140 valence electrons. The van der Waals surface area contributed by atoms with E-state index in [2.05, 4.69) is 26.4 Å². The topological polar surface area (TPSA) is 95.8 Å². The number of sulfonamides is 1. The number of piperazine rings is 1. The van der Waals surface area contributed by atoms with Crippen molar-refractivity contribution in [1.82, 2.24) is 14.4 Å². The number of halogens is 1. The van der Waals surface area contributed by atoms with Gasteiger partial charge in [0.1, 0.15) is 5.76 Å². The fourth-order valence-corrected chi connectivity index (χ4v) is 5.12. The number of benzene rings is 1. The molecule has 0 radical (unpaired) electrons. The van der Waals surface area contributed by atoms with Gasteiger partial charge in [-0.25, -0.2) is 8.42 Å². The molecule has 1 saturated heterocycles. The molecule has 0 atom stereocenters. The van der Waals surface area contributed by atoms with Gasteiger partial charge in [0.25, 0.3) is 0 Å². The average Bonchev–Trinajstić information content (AvgIpc) is 3.00. The zero-order valence-electron chi connectivity index (χ0n) is 14.2. The Morgan fingerprint density at radius 2 is 1.96 bits per heavy atom. The van der Waals surface area contributed by atoms with Crippen molar-refractivity contribution in [2.45, 2.75) is 11.8 Å². The SMILES string of the molecule is Cc1cc(NC(=O)CN2CCN(S(=O)(=O)c3ccccc3Br)CC2)no1. The van der Waals surface area contributed by atoms with E-state index in [9.17, 15) is 13.2 Å². The number of carbonyl (C=O) groups is 1. The third kappa shape index (κ3) is 4.32. The van der Waals surface area contributed by atoms with E-state index in [0.717, 1.165) is 0 Å². The van der Waals surface area contributed by atoms with Crippen molar-refractivity contribution >= 4 is 37.7 Å². The van der Waals surface area contributed by atoms with Gasteiger partial charge in [0.2, 0.25) is 15.9 Å². The predicted molar refractivity (Wildman–Crippen MR) is 99.2 cm³/mol. The van der Waals surface area contributed by atoms with Crippen LogP contribution in [0.4, 0.5) is 5.82 Å². The lowest BCUT2D eigenvalue weighted by Gasteiger charge is -2.33. The Hall–Kier alpha value is -1.75. The van der Waals surface area contributed by atoms with Crippen LogP contribution in [0.2, 0.25) is 0 Å². The fraction of sp³-hybridized carbons (Fsp3) is 0.375. The normalized spacial score (nSPS) is 16.5. The van der Waals surface area contributed by atoms with E-state index in [4.69, 9.17) is 4.52 Å². The minimum absolute atomic E-state index is 0.175. The zero-order chi connectivity index (χ0) is 18.7. The number of amides is 1. The largest absolute Gasteiger partial charge is 0.360 e. The Kier molecular flexibility index (Phi) is 5.76. The summed E-state index contributed by atoms with van der Waals surface area (Å²) in [6.07, 6.45) is 0. The lowest BCUT2D eigenvalue weighted by molar-refractivity contribution is -0.117. The molecule has 1 aliphatic heterocycles. The third-order valence-corrected chi connectivity index (χ3v) is 6.96. The van der Waals surface area contributed by atoms with Gasteiger partial charge in [-0.2, -0.15) is 4.31 Å². The number of carbonyl (C=O) groups excluding carboxylic acids is 1. The summed E-state index contributed by atoms with van der Waals surface area (Å²) in [5, 5.41) is 6.38. The highest BCUT2D eigenvalue weighted by molar-refractivity contribution is 9.10. The van der Waals surface area contributed by atoms with Crippen LogP contribution in [0.1, 0.15) is 5.76 Å². The van der Waals surface area contributed by atoms with Crippen LogP contribution < -0.4 is 5.32 Å². The van der Waals surface area contributed by atoms with Crippen LogP contribution in [-0.2, 0) is 14.8 Å². The molecule has 0 spiro atoms. The van der Waals surface area contributed by atoms with E-state index in [0.29, 0.717) is 42.2 Å². The summed E-state index contributed by atoms with van der Waals surface area (Å²) in [5.74, 6) is 0.786. The molecule has 0 aliphatic carbocycles. The first-order valence-corrected chi connectivity index (χ1v) is 10.3. The van der Waals surface area contributed by atoms with E-state index in [1.807, 2.05) is 4.90 Å². The predicted octanol–water partition coefficient (Wildman–Crippen LogP) is 1.69. The number of anilines is 1. The van der Waals surface area contributed by atoms with Crippen molar-refractivity contribution in [3.63, 3.8) is 0 Å². The van der Waals surface area contributed by atoms with Gasteiger partial charge < -0.3 is 9.84 Å². The van der Waals surface area contributed by atoms with Gasteiger partial charge in [0, 0.05) is 36.7 Å². The van der Waals surface area contributed by atoms with Crippen molar-refractivity contribution in [2.24, 2.45) is 0 Å². The number of rotatable bonds is 5. The van der Waals surface area contributed by atoms with Gasteiger partial charge in [0.05, 0.1) is 11.4 Å². The molecule has 2 aromatic rings. The van der Waals surface area contributed by atoms with Gasteiger partial charge in [-0.1, -0.05) is 17.3 Å². The second kappa shape index (κ2) is 7.87. The summed E-state index contributed by atoms with van der Waals surface area (Å²) in [6, 6.07) is 8.40. The molecule has 3 rings (SSSR count). The molecule has 1 aliphatic rings. The highest BCUT2D eigenvalue weighted by Gasteiger charge is 2.30. The second-order valence-electron chi connectivity index (χ2n) is 5.98. The van der Waals surface area contributed by atoms with Crippen LogP contribution in [0.5, 0.6) is 0 Å². The van der Waals surface area contributed by atoms with Gasteiger partial charge in [-0.05, 0) is 35.0 Å². The summed E-state index contributed by atoms with van der Waals surface area (Å²) in [5.41, 5.74) is 0. The zero-order valence-corrected chi connectivity index (χ0v) is 16.6. The van der Waals surface area contributed by atoms with Crippen molar-refractivity contribution in [1.29, 1.82) is 0 Å². The van der Waals surface area contributed by atoms with E-state index in [-0.39, 0.29) is 17.3 Å². The van der Waals surface area contributed by atoms with Crippen LogP contribution in [-0.4, -0.2) is 61.4 Å². The van der Waals surface area contributed by atoms with Crippen molar-refractivity contribution in [2.75, 3.05) is 38.0 Å². The van der Waals surface area contributed by atoms with Crippen molar-refractivity contribution in [3.05, 3.63) is 40.6 Å². The maximum Gasteiger partial charge on any atom is 0.244 e. The summed E-state index contributed by atoms with van der Waals surface area (Å²) in [7, 11) is -3.55. The molecule has 26 heavy (non-hydrogen) atoms. The lowest BCUT2D eigenvalue weighted by atomic mass is 10.3. The molecular formula is C16H19BrN4O4S. The minimum atomic E-state index is -3.55. The Balaban J connectivity index is 1.55. The number of hydrogen-bond acceptors (Lipinski definition) is 6. The third-order valence-electron chi connectivity index (χ3n) is 4.05. The Morgan fingerprint density at radius 3 is 2.58 bits per heavy atom. The van der Waals surface area contributed by atoms with Crippen LogP contribution in [0, 0.1) is 6.92 Å². The number of nitrogens with one attached hydrogen (secondary N) is 1. The van der Waals surface area contributed by atoms with E-state index < -0.39 is 10.0 Å². The standard InChI is InChI=1S/C16H19BrN4O4S/c1-12-10-15(19-25-12)18-16(22)11-20-6-8-21(9-7-20)26(23,24)14-5-3-2-4-13(14)17/h2-5,10H,6-9,11H2,1H3,(H,18,19,22). The number of hydrogen-bond donors (Lipinski definition) is 1. The minimum Gasteiger partial charge on any atom is -0.360 e. The number of aryl methyl sites for hydroxylation is 1. The molecule has 1 aromatic carbocycles. The van der Waals surface area contributed by atoms with E-state index in [1.54, 1.807) is 37.3 Å². The Morgan fingerprint density at radius 1 is 1.27 bits per heavy atom. The molecule has 1 fully saturated rings. The van der Waals surface area contributed by atoms with Gasteiger partial charge >= 0.3 is 0 Å². The van der Waals surface area contributed by atoms with Crippen LogP contribution in [0.15, 0.2) is 44.2 Å². The average molecular weight is 443 g/mol. The molecule has 8 nitrogen and oxygen atoms in total. The number of nitrogens with zero attached hydrogens (tertiary/aromatic N) is 3. The molecule has 0 saturated carbocycles. The van der Waals surface area contributed by atoms with Gasteiger partial charge in [0.15, 0.2) is 5.82 Å². The fourth-order valence-electron chi connectivity index (χ4n) is 2.73. The number of aromatic nitrogens is 1. The Bertz CT molecular complexity index is 891. The molecule has 1 N–H and O–H groups in total. The highest BCUT2D eigenvalue weighted by atomic mass is 79.9. The first-order valence-electron chi connectivity index (χ1n) is 8.06. The highest BCUT2D eigenvalue weighted by Crippen LogP contribution is 2.25. The first-order chi connectivity index (χ1) is 12.4. The quantitative estimate of drug-likeness (QED) is 0.756. The monoisotopic (exact) mass is 442 g/mol. The maximum absolute atomic E-state index is 12.8. The summed E-state index contributed by atoms with van der Waals surface area (Å²) < 4.78 is 32.4. The first kappa shape index (κ1) is 19.0. The van der Waals surface area contributed by atoms with Crippen LogP contribution >= 0.6 is 15.9 Å². The van der Waals surface area contributed by atoms with Crippen LogP contribution in [0.3, 0.4) is 0 Å². The molecular weight excluding hydrogens is 424 g/mol. The summed E-state index contributed by atoms with van der Waals surface area (Å²) in [6.45, 7) is 3.55. The second-order valence-corrected chi connectivity index (χ2v) is 8.74. The smallest absolute Gasteiger partial charge is 0.244 e. The van der Waals surface area contributed by atoms with Gasteiger partial charge in [-0.3, -0.25) is 9.69 Å². The molecule has 2 heterocycles. The Labute approximate surface area is 160 Å². The molecule has 0 bridgehead atoms. The molecule has 10 heteroatoms. The van der Waals surface area contributed by atoms with Crippen molar-refractivity contribution < 1.29 is 17.7 Å². The lowest BCUT2D eigenvalue weighted by Crippen LogP contribution is -2.50. The van der Waals surface area contributed by atoms with E-state index >= 15 is 0 Å². The van der Waals surface area contributed by atoms with E-state index in [1.165, 1.54) is 4.31 Å². The van der Waals surface area contributed by atoms with Crippen molar-refractivity contribution in [3.8, 4) is 0 Å². The molecule has 0 unspecified atom stereocenters. The van der Waals surface area contributed by atoms with Crippen LogP contribution in [0.25, 0.3) is 0 Å². The summed E-state index contributed by atoms with van der Waals surface area (Å²) >= 11 is 3.29. The maximum atomic E-state index is 12.8. The van der Waals surface area contributed by atoms with Gasteiger partial charge in [-0.15, -0.1) is 0 Å². The molecule has 1 amide bonds. The summed E-state index contributed by atoms with van der Waals surface area (Å²) in [4.78, 5) is 14.2.